The van der Waals surface area contributed by atoms with Gasteiger partial charge in [-0.2, -0.15) is 0 Å². The predicted octanol–water partition coefficient (Wildman–Crippen LogP) is 2.29. The van der Waals surface area contributed by atoms with Crippen molar-refractivity contribution in [2.24, 2.45) is 0 Å². The second kappa shape index (κ2) is 5.80. The fourth-order valence-corrected chi connectivity index (χ4v) is 2.31. The largest absolute Gasteiger partial charge is 0.545 e. The van der Waals surface area contributed by atoms with Crippen molar-refractivity contribution in [1.29, 1.82) is 0 Å². The molecule has 6 nitrogen and oxygen atoms in total. The molecule has 0 spiro atoms. The van der Waals surface area contributed by atoms with Crippen molar-refractivity contribution in [1.82, 2.24) is 0 Å². The van der Waals surface area contributed by atoms with E-state index >= 15 is 0 Å². The first-order chi connectivity index (χ1) is 9.97. The number of para-hydroxylation sites is 1. The highest BCUT2D eigenvalue weighted by atomic mass is 35.5. The number of benzene rings is 2. The Morgan fingerprint density at radius 2 is 1.86 bits per heavy atom. The van der Waals surface area contributed by atoms with E-state index in [0.717, 1.165) is 6.07 Å². The molecule has 0 heterocycles. The van der Waals surface area contributed by atoms with Crippen LogP contribution in [0.1, 0.15) is 10.4 Å². The summed E-state index contributed by atoms with van der Waals surface area (Å²) in [6.07, 6.45) is 0. The first kappa shape index (κ1) is 14.8. The minimum Gasteiger partial charge on any atom is -0.545 e. The van der Waals surface area contributed by atoms with Crippen molar-refractivity contribution in [3.8, 4) is 16.9 Å². The molecule has 0 fully saturated rings. The molecule has 0 aliphatic heterocycles. The summed E-state index contributed by atoms with van der Waals surface area (Å²) in [4.78, 5) is 21.4. The van der Waals surface area contributed by atoms with E-state index in [1.54, 1.807) is 24.3 Å². The minimum absolute atomic E-state index is 0.197. The molecule has 0 N–H and O–H groups in total. The van der Waals surface area contributed by atoms with Gasteiger partial charge in [-0.3, -0.25) is 10.1 Å². The Balaban J connectivity index is 2.78. The van der Waals surface area contributed by atoms with Crippen LogP contribution in [-0.2, 0) is 0 Å². The lowest BCUT2D eigenvalue weighted by molar-refractivity contribution is -0.384. The Bertz CT molecular complexity index is 729. The number of rotatable bonds is 4. The van der Waals surface area contributed by atoms with Crippen LogP contribution < -0.4 is 9.84 Å². The van der Waals surface area contributed by atoms with E-state index in [2.05, 4.69) is 0 Å². The van der Waals surface area contributed by atoms with Crippen molar-refractivity contribution in [2.75, 3.05) is 7.11 Å². The van der Waals surface area contributed by atoms with Gasteiger partial charge in [0.15, 0.2) is 0 Å². The van der Waals surface area contributed by atoms with Crippen LogP contribution in [0.15, 0.2) is 36.4 Å². The van der Waals surface area contributed by atoms with Crippen LogP contribution in [-0.4, -0.2) is 18.0 Å². The second-order valence-corrected chi connectivity index (χ2v) is 4.44. The van der Waals surface area contributed by atoms with Crippen molar-refractivity contribution in [3.63, 3.8) is 0 Å². The summed E-state index contributed by atoms with van der Waals surface area (Å²) in [7, 11) is 1.44. The van der Waals surface area contributed by atoms with Crippen LogP contribution >= 0.6 is 11.6 Å². The summed E-state index contributed by atoms with van der Waals surface area (Å²) < 4.78 is 5.16. The van der Waals surface area contributed by atoms with Gasteiger partial charge in [0.2, 0.25) is 0 Å². The number of hydrogen-bond donors (Lipinski definition) is 0. The summed E-state index contributed by atoms with van der Waals surface area (Å²) in [6.45, 7) is 0. The molecular weight excluding hydrogens is 298 g/mol. The zero-order valence-corrected chi connectivity index (χ0v) is 11.6. The zero-order valence-electron chi connectivity index (χ0n) is 10.8. The molecule has 108 valence electrons. The number of nitro benzene ring substituents is 1. The van der Waals surface area contributed by atoms with Crippen molar-refractivity contribution in [2.45, 2.75) is 0 Å². The number of nitrogens with zero attached hydrogens (tertiary/aromatic N) is 1. The Morgan fingerprint density at radius 3 is 2.43 bits per heavy atom. The maximum absolute atomic E-state index is 11.3. The van der Waals surface area contributed by atoms with Crippen molar-refractivity contribution in [3.05, 3.63) is 57.1 Å². The maximum Gasteiger partial charge on any atom is 0.288 e. The number of aromatic carboxylic acids is 1. The van der Waals surface area contributed by atoms with Gasteiger partial charge < -0.3 is 14.6 Å². The van der Waals surface area contributed by atoms with E-state index in [1.807, 2.05) is 0 Å². The van der Waals surface area contributed by atoms with Gasteiger partial charge in [-0.15, -0.1) is 0 Å². The van der Waals surface area contributed by atoms with Gasteiger partial charge in [-0.1, -0.05) is 29.8 Å². The van der Waals surface area contributed by atoms with E-state index in [4.69, 9.17) is 16.3 Å². The fourth-order valence-electron chi connectivity index (χ4n) is 2.00. The topological polar surface area (TPSA) is 92.5 Å². The lowest BCUT2D eigenvalue weighted by Crippen LogP contribution is -2.24. The average Bonchev–Trinajstić information content (AvgIpc) is 2.45. The molecule has 0 unspecified atom stereocenters. The summed E-state index contributed by atoms with van der Waals surface area (Å²) in [5.41, 5.74) is -0.274. The monoisotopic (exact) mass is 306 g/mol. The standard InChI is InChI=1S/C14H10ClNO5/c1-21-11-5-3-2-4-8(11)9-6-7-10(16(19)20)13(15)12(9)14(17)18/h2-7H,1H3,(H,17,18)/p-1. The Hall–Kier alpha value is -2.60. The fraction of sp³-hybridized carbons (Fsp3) is 0.0714. The highest BCUT2D eigenvalue weighted by Gasteiger charge is 2.22. The highest BCUT2D eigenvalue weighted by molar-refractivity contribution is 6.36. The normalized spacial score (nSPS) is 10.2. The smallest absolute Gasteiger partial charge is 0.288 e. The van der Waals surface area contributed by atoms with E-state index in [-0.39, 0.29) is 5.56 Å². The van der Waals surface area contributed by atoms with Gasteiger partial charge in [0, 0.05) is 17.2 Å². The highest BCUT2D eigenvalue weighted by Crippen LogP contribution is 2.38. The quantitative estimate of drug-likeness (QED) is 0.638. The lowest BCUT2D eigenvalue weighted by atomic mass is 9.98. The van der Waals surface area contributed by atoms with Crippen molar-refractivity contribution < 1.29 is 19.6 Å². The first-order valence-corrected chi connectivity index (χ1v) is 6.16. The Morgan fingerprint density at radius 1 is 1.19 bits per heavy atom. The number of methoxy groups -OCH3 is 1. The molecule has 0 atom stereocenters. The van der Waals surface area contributed by atoms with Crippen LogP contribution in [0.3, 0.4) is 0 Å². The molecule has 0 aliphatic rings. The third kappa shape index (κ3) is 2.66. The van der Waals surface area contributed by atoms with Gasteiger partial charge in [0.1, 0.15) is 10.8 Å². The number of carbonyl (C=O) groups excluding carboxylic acids is 1. The summed E-state index contributed by atoms with van der Waals surface area (Å²) in [5, 5.41) is 21.7. The van der Waals surface area contributed by atoms with Gasteiger partial charge in [-0.05, 0) is 17.7 Å². The number of carboxylic acids is 1. The van der Waals surface area contributed by atoms with Crippen LogP contribution in [0.5, 0.6) is 5.75 Å². The number of halogens is 1. The molecule has 2 aromatic carbocycles. The molecule has 7 heteroatoms. The SMILES string of the molecule is COc1ccccc1-c1ccc([N+](=O)[O-])c(Cl)c1C(=O)[O-]. The Kier molecular flexibility index (Phi) is 4.09. The summed E-state index contributed by atoms with van der Waals surface area (Å²) >= 11 is 5.85. The number of carbonyl (C=O) groups is 1. The molecule has 0 aromatic heterocycles. The van der Waals surface area contributed by atoms with Crippen LogP contribution in [0.25, 0.3) is 11.1 Å². The predicted molar refractivity (Wildman–Crippen MR) is 74.4 cm³/mol. The van der Waals surface area contributed by atoms with Crippen LogP contribution in [0, 0.1) is 10.1 Å². The third-order valence-electron chi connectivity index (χ3n) is 2.92. The molecule has 2 aromatic rings. The molecular formula is C14H9ClNO5-. The van der Waals surface area contributed by atoms with Crippen LogP contribution in [0.4, 0.5) is 5.69 Å². The van der Waals surface area contributed by atoms with E-state index < -0.39 is 27.2 Å². The van der Waals surface area contributed by atoms with E-state index in [1.165, 1.54) is 13.2 Å². The number of ether oxygens (including phenoxy) is 1. The molecule has 21 heavy (non-hydrogen) atoms. The molecule has 0 saturated heterocycles. The van der Waals surface area contributed by atoms with Gasteiger partial charge in [0.05, 0.1) is 18.0 Å². The summed E-state index contributed by atoms with van der Waals surface area (Å²) in [6, 6.07) is 9.14. The van der Waals surface area contributed by atoms with Gasteiger partial charge in [0.25, 0.3) is 5.69 Å². The average molecular weight is 307 g/mol. The first-order valence-electron chi connectivity index (χ1n) is 5.79. The third-order valence-corrected chi connectivity index (χ3v) is 3.30. The molecule has 0 radical (unpaired) electrons. The number of carboxylic acid groups (broad SMARTS) is 1. The summed E-state index contributed by atoms with van der Waals surface area (Å²) in [5.74, 6) is -1.17. The van der Waals surface area contributed by atoms with Gasteiger partial charge >= 0.3 is 0 Å². The zero-order chi connectivity index (χ0) is 15.6. The van der Waals surface area contributed by atoms with E-state index in [0.29, 0.717) is 11.3 Å². The Labute approximate surface area is 124 Å². The molecule has 0 saturated carbocycles. The maximum atomic E-state index is 11.3. The molecule has 0 amide bonds. The van der Waals surface area contributed by atoms with Crippen molar-refractivity contribution >= 4 is 23.3 Å². The molecule has 0 aliphatic carbocycles. The molecule has 0 bridgehead atoms. The number of hydrogen-bond acceptors (Lipinski definition) is 5. The van der Waals surface area contributed by atoms with E-state index in [9.17, 15) is 20.0 Å². The minimum atomic E-state index is -1.59. The lowest BCUT2D eigenvalue weighted by Gasteiger charge is -2.15. The number of nitro groups is 1. The van der Waals surface area contributed by atoms with Crippen LogP contribution in [0.2, 0.25) is 5.02 Å². The molecule has 2 rings (SSSR count). The van der Waals surface area contributed by atoms with Gasteiger partial charge in [-0.25, -0.2) is 0 Å². The second-order valence-electron chi connectivity index (χ2n) is 4.07.